The maximum absolute atomic E-state index is 12.6. The van der Waals surface area contributed by atoms with Crippen LogP contribution in [0.3, 0.4) is 0 Å². The number of ether oxygens (including phenoxy) is 1. The lowest BCUT2D eigenvalue weighted by molar-refractivity contribution is 0.0154. The topological polar surface area (TPSA) is 96.0 Å². The van der Waals surface area contributed by atoms with Gasteiger partial charge in [0.15, 0.2) is 0 Å². The van der Waals surface area contributed by atoms with Gasteiger partial charge < -0.3 is 10.1 Å². The Bertz CT molecular complexity index is 876. The first-order valence-corrected chi connectivity index (χ1v) is 8.63. The van der Waals surface area contributed by atoms with Crippen molar-refractivity contribution < 1.29 is 9.53 Å². The first kappa shape index (κ1) is 16.6. The molecule has 2 N–H and O–H groups in total. The van der Waals surface area contributed by atoms with E-state index in [2.05, 4.69) is 30.6 Å². The SMILES string of the molecule is O=C(NC[C@@H](c1ccccn1)N1CCOCC1)c1ccc2n[nH]nc2c1. The maximum Gasteiger partial charge on any atom is 0.251 e. The molecule has 8 nitrogen and oxygen atoms in total. The van der Waals surface area contributed by atoms with Crippen molar-refractivity contribution in [2.45, 2.75) is 6.04 Å². The molecule has 1 aromatic carbocycles. The Morgan fingerprint density at radius 1 is 1.19 bits per heavy atom. The molecule has 1 aliphatic heterocycles. The summed E-state index contributed by atoms with van der Waals surface area (Å²) in [4.78, 5) is 19.4. The number of hydrogen-bond acceptors (Lipinski definition) is 6. The van der Waals surface area contributed by atoms with Crippen LogP contribution in [0.2, 0.25) is 0 Å². The highest BCUT2D eigenvalue weighted by atomic mass is 16.5. The van der Waals surface area contributed by atoms with Crippen molar-refractivity contribution in [1.29, 1.82) is 0 Å². The lowest BCUT2D eigenvalue weighted by atomic mass is 10.1. The van der Waals surface area contributed by atoms with Gasteiger partial charge in [-0.15, -0.1) is 0 Å². The van der Waals surface area contributed by atoms with Crippen LogP contribution in [0.4, 0.5) is 0 Å². The number of hydrogen-bond donors (Lipinski definition) is 2. The van der Waals surface area contributed by atoms with Gasteiger partial charge in [-0.25, -0.2) is 0 Å². The second-order valence-corrected chi connectivity index (χ2v) is 6.16. The molecule has 134 valence electrons. The van der Waals surface area contributed by atoms with E-state index in [4.69, 9.17) is 4.74 Å². The second kappa shape index (κ2) is 7.59. The Hall–Kier alpha value is -2.84. The number of carbonyl (C=O) groups is 1. The highest BCUT2D eigenvalue weighted by Gasteiger charge is 2.24. The van der Waals surface area contributed by atoms with Gasteiger partial charge >= 0.3 is 0 Å². The normalized spacial score (nSPS) is 16.5. The van der Waals surface area contributed by atoms with Gasteiger partial charge in [0.05, 0.1) is 24.9 Å². The predicted octanol–water partition coefficient (Wildman–Crippen LogP) is 1.16. The number of rotatable bonds is 5. The van der Waals surface area contributed by atoms with Gasteiger partial charge in [0.1, 0.15) is 11.0 Å². The van der Waals surface area contributed by atoms with E-state index < -0.39 is 0 Å². The molecule has 1 saturated heterocycles. The summed E-state index contributed by atoms with van der Waals surface area (Å²) in [5.41, 5.74) is 2.92. The molecule has 2 aromatic heterocycles. The molecule has 4 rings (SSSR count). The largest absolute Gasteiger partial charge is 0.379 e. The van der Waals surface area contributed by atoms with Crippen molar-refractivity contribution in [3.05, 3.63) is 53.9 Å². The molecule has 3 heterocycles. The average molecular weight is 352 g/mol. The summed E-state index contributed by atoms with van der Waals surface area (Å²) < 4.78 is 5.45. The van der Waals surface area contributed by atoms with E-state index >= 15 is 0 Å². The average Bonchev–Trinajstić information content (AvgIpc) is 3.17. The summed E-state index contributed by atoms with van der Waals surface area (Å²) in [6, 6.07) is 11.1. The minimum absolute atomic E-state index is 0.0137. The van der Waals surface area contributed by atoms with Gasteiger partial charge in [-0.3, -0.25) is 14.7 Å². The smallest absolute Gasteiger partial charge is 0.251 e. The molecule has 1 fully saturated rings. The lowest BCUT2D eigenvalue weighted by Gasteiger charge is -2.34. The highest BCUT2D eigenvalue weighted by Crippen LogP contribution is 2.19. The Labute approximate surface area is 150 Å². The molecule has 0 bridgehead atoms. The van der Waals surface area contributed by atoms with Crippen LogP contribution >= 0.6 is 0 Å². The zero-order valence-corrected chi connectivity index (χ0v) is 14.3. The molecule has 8 heteroatoms. The summed E-state index contributed by atoms with van der Waals surface area (Å²) >= 11 is 0. The maximum atomic E-state index is 12.6. The number of aromatic amines is 1. The Morgan fingerprint density at radius 3 is 2.85 bits per heavy atom. The third kappa shape index (κ3) is 3.56. The Morgan fingerprint density at radius 2 is 2.04 bits per heavy atom. The quantitative estimate of drug-likeness (QED) is 0.715. The summed E-state index contributed by atoms with van der Waals surface area (Å²) in [5.74, 6) is -0.135. The van der Waals surface area contributed by atoms with E-state index in [9.17, 15) is 4.79 Å². The van der Waals surface area contributed by atoms with Crippen LogP contribution < -0.4 is 5.32 Å². The van der Waals surface area contributed by atoms with E-state index in [1.54, 1.807) is 24.4 Å². The van der Waals surface area contributed by atoms with Crippen molar-refractivity contribution in [1.82, 2.24) is 30.6 Å². The molecule has 0 radical (unpaired) electrons. The van der Waals surface area contributed by atoms with Gasteiger partial charge in [0.2, 0.25) is 0 Å². The van der Waals surface area contributed by atoms with Crippen LogP contribution in [0.25, 0.3) is 11.0 Å². The van der Waals surface area contributed by atoms with Crippen molar-refractivity contribution >= 4 is 16.9 Å². The van der Waals surface area contributed by atoms with Crippen molar-refractivity contribution in [2.75, 3.05) is 32.8 Å². The van der Waals surface area contributed by atoms with Gasteiger partial charge in [-0.2, -0.15) is 15.4 Å². The van der Waals surface area contributed by atoms with Gasteiger partial charge in [0, 0.05) is 31.4 Å². The molecule has 0 unspecified atom stereocenters. The zero-order valence-electron chi connectivity index (χ0n) is 14.3. The molecule has 1 aliphatic rings. The van der Waals surface area contributed by atoms with Crippen LogP contribution in [0.5, 0.6) is 0 Å². The summed E-state index contributed by atoms with van der Waals surface area (Å²) in [5, 5.41) is 13.6. The monoisotopic (exact) mass is 352 g/mol. The van der Waals surface area contributed by atoms with E-state index in [1.165, 1.54) is 0 Å². The molecule has 26 heavy (non-hydrogen) atoms. The Kier molecular flexibility index (Phi) is 4.85. The van der Waals surface area contributed by atoms with Crippen LogP contribution in [0.1, 0.15) is 22.1 Å². The fraction of sp³-hybridized carbons (Fsp3) is 0.333. The molecule has 0 spiro atoms. The number of fused-ring (bicyclic) bond motifs is 1. The number of pyridine rings is 1. The highest BCUT2D eigenvalue weighted by molar-refractivity contribution is 5.97. The number of nitrogens with one attached hydrogen (secondary N) is 2. The summed E-state index contributed by atoms with van der Waals surface area (Å²) in [6.45, 7) is 3.51. The lowest BCUT2D eigenvalue weighted by Crippen LogP contribution is -2.44. The fourth-order valence-electron chi connectivity index (χ4n) is 3.16. The van der Waals surface area contributed by atoms with Crippen LogP contribution in [-0.2, 0) is 4.74 Å². The number of H-pyrrole nitrogens is 1. The molecular weight excluding hydrogens is 332 g/mol. The number of nitrogens with zero attached hydrogens (tertiary/aromatic N) is 4. The van der Waals surface area contributed by atoms with E-state index in [0.29, 0.717) is 30.8 Å². The van der Waals surface area contributed by atoms with Gasteiger partial charge in [0.25, 0.3) is 5.91 Å². The molecule has 1 amide bonds. The third-order valence-corrected chi connectivity index (χ3v) is 4.55. The first-order valence-electron chi connectivity index (χ1n) is 8.63. The predicted molar refractivity (Wildman–Crippen MR) is 95.6 cm³/mol. The molecular formula is C18H20N6O2. The molecule has 3 aromatic rings. The van der Waals surface area contributed by atoms with Crippen molar-refractivity contribution in [2.24, 2.45) is 0 Å². The van der Waals surface area contributed by atoms with Crippen molar-refractivity contribution in [3.8, 4) is 0 Å². The molecule has 0 aliphatic carbocycles. The van der Waals surface area contributed by atoms with E-state index in [1.807, 2.05) is 18.2 Å². The summed E-state index contributed by atoms with van der Waals surface area (Å²) in [7, 11) is 0. The standard InChI is InChI=1S/C18H20N6O2/c25-18(13-4-5-14-16(11-13)22-23-21-14)20-12-17(15-3-1-2-6-19-15)24-7-9-26-10-8-24/h1-6,11,17H,7-10,12H2,(H,20,25)(H,21,22,23)/t17-/m0/s1. The van der Waals surface area contributed by atoms with E-state index in [0.717, 1.165) is 24.3 Å². The first-order chi connectivity index (χ1) is 12.8. The van der Waals surface area contributed by atoms with Gasteiger partial charge in [-0.1, -0.05) is 6.07 Å². The van der Waals surface area contributed by atoms with Gasteiger partial charge in [-0.05, 0) is 30.3 Å². The van der Waals surface area contributed by atoms with Crippen LogP contribution in [-0.4, -0.2) is 64.0 Å². The number of carbonyl (C=O) groups excluding carboxylic acids is 1. The minimum atomic E-state index is -0.135. The molecule has 0 saturated carbocycles. The zero-order chi connectivity index (χ0) is 17.8. The number of aromatic nitrogens is 4. The van der Waals surface area contributed by atoms with Crippen LogP contribution in [0.15, 0.2) is 42.6 Å². The number of amides is 1. The number of morpholine rings is 1. The second-order valence-electron chi connectivity index (χ2n) is 6.16. The minimum Gasteiger partial charge on any atom is -0.379 e. The summed E-state index contributed by atoms with van der Waals surface area (Å²) in [6.07, 6.45) is 1.78. The molecule has 1 atom stereocenters. The van der Waals surface area contributed by atoms with Crippen LogP contribution in [0, 0.1) is 0 Å². The Balaban J connectivity index is 1.49. The number of benzene rings is 1. The van der Waals surface area contributed by atoms with E-state index in [-0.39, 0.29) is 11.9 Å². The third-order valence-electron chi connectivity index (χ3n) is 4.55. The fourth-order valence-corrected chi connectivity index (χ4v) is 3.16. The van der Waals surface area contributed by atoms with Crippen molar-refractivity contribution in [3.63, 3.8) is 0 Å².